The molecule has 0 unspecified atom stereocenters. The van der Waals surface area contributed by atoms with E-state index in [9.17, 15) is 28.2 Å². The van der Waals surface area contributed by atoms with Crippen LogP contribution in [0.25, 0.3) is 0 Å². The monoisotopic (exact) mass is 419 g/mol. The van der Waals surface area contributed by atoms with E-state index in [1.165, 1.54) is 4.90 Å². The minimum Gasteiger partial charge on any atom is -0.510 e. The van der Waals surface area contributed by atoms with Crippen molar-refractivity contribution < 1.29 is 28.2 Å². The number of aliphatic hydroxyl groups excluding tert-OH is 1. The second kappa shape index (κ2) is 5.74. The molecular formula is C17H17BrF3NO3. The van der Waals surface area contributed by atoms with Crippen molar-refractivity contribution in [3.8, 4) is 0 Å². The van der Waals surface area contributed by atoms with Crippen molar-refractivity contribution in [1.29, 1.82) is 0 Å². The van der Waals surface area contributed by atoms with Crippen LogP contribution in [0.2, 0.25) is 0 Å². The van der Waals surface area contributed by atoms with Crippen LogP contribution in [-0.2, 0) is 4.79 Å². The van der Waals surface area contributed by atoms with Crippen LogP contribution >= 0.6 is 15.9 Å². The Labute approximate surface area is 151 Å². The van der Waals surface area contributed by atoms with E-state index in [2.05, 4.69) is 15.9 Å². The van der Waals surface area contributed by atoms with Crippen molar-refractivity contribution in [2.24, 2.45) is 0 Å². The number of anilines is 1. The van der Waals surface area contributed by atoms with Crippen molar-refractivity contribution in [1.82, 2.24) is 0 Å². The first-order valence-corrected chi connectivity index (χ1v) is 8.60. The van der Waals surface area contributed by atoms with E-state index in [0.29, 0.717) is 10.2 Å². The number of halogens is 4. The molecule has 2 aliphatic rings. The Hall–Kier alpha value is -1.54. The summed E-state index contributed by atoms with van der Waals surface area (Å²) in [4.78, 5) is 13.8. The molecule has 0 radical (unpaired) electrons. The van der Waals surface area contributed by atoms with Gasteiger partial charge in [-0.05, 0) is 50.3 Å². The first kappa shape index (κ1) is 18.3. The Morgan fingerprint density at radius 2 is 1.80 bits per heavy atom. The Morgan fingerprint density at radius 1 is 1.20 bits per heavy atom. The van der Waals surface area contributed by atoms with Gasteiger partial charge >= 0.3 is 6.18 Å². The molecule has 0 atom stereocenters. The molecule has 1 amide bonds. The van der Waals surface area contributed by atoms with Crippen LogP contribution in [0, 0.1) is 6.92 Å². The quantitative estimate of drug-likeness (QED) is 0.718. The first-order chi connectivity index (χ1) is 11.5. The molecule has 1 fully saturated rings. The highest BCUT2D eigenvalue weighted by Gasteiger charge is 2.61. The molecule has 1 aliphatic carbocycles. The van der Waals surface area contributed by atoms with Gasteiger partial charge in [-0.2, -0.15) is 13.2 Å². The van der Waals surface area contributed by atoms with Crippen LogP contribution < -0.4 is 4.90 Å². The summed E-state index contributed by atoms with van der Waals surface area (Å²) < 4.78 is 40.0. The van der Waals surface area contributed by atoms with Gasteiger partial charge in [-0.3, -0.25) is 9.69 Å². The Bertz CT molecular complexity index is 752. The smallest absolute Gasteiger partial charge is 0.417 e. The zero-order valence-electron chi connectivity index (χ0n) is 13.4. The topological polar surface area (TPSA) is 60.8 Å². The molecule has 4 nitrogen and oxygen atoms in total. The van der Waals surface area contributed by atoms with Crippen molar-refractivity contribution in [2.45, 2.75) is 49.9 Å². The van der Waals surface area contributed by atoms with Crippen LogP contribution in [0.1, 0.15) is 31.2 Å². The second-order valence-corrected chi connectivity index (χ2v) is 7.61. The fraction of sp³-hybridized carbons (Fsp3) is 0.471. The van der Waals surface area contributed by atoms with Crippen LogP contribution in [0.3, 0.4) is 0 Å². The van der Waals surface area contributed by atoms with Gasteiger partial charge in [-0.15, -0.1) is 0 Å². The zero-order valence-corrected chi connectivity index (χ0v) is 15.0. The molecule has 136 valence electrons. The van der Waals surface area contributed by atoms with Crippen LogP contribution in [0.4, 0.5) is 18.9 Å². The highest BCUT2D eigenvalue weighted by molar-refractivity contribution is 9.10. The summed E-state index contributed by atoms with van der Waals surface area (Å²) in [6.07, 6.45) is -5.20. The lowest BCUT2D eigenvalue weighted by Gasteiger charge is -2.47. The van der Waals surface area contributed by atoms with Gasteiger partial charge in [-0.25, -0.2) is 0 Å². The molecule has 2 N–H and O–H groups in total. The molecule has 8 heteroatoms. The highest BCUT2D eigenvalue weighted by Crippen LogP contribution is 2.51. The third-order valence-corrected chi connectivity index (χ3v) is 5.72. The third kappa shape index (κ3) is 2.75. The van der Waals surface area contributed by atoms with E-state index in [1.54, 1.807) is 25.1 Å². The van der Waals surface area contributed by atoms with Gasteiger partial charge < -0.3 is 10.2 Å². The lowest BCUT2D eigenvalue weighted by Crippen LogP contribution is -2.57. The van der Waals surface area contributed by atoms with E-state index < -0.39 is 36.1 Å². The predicted molar refractivity (Wildman–Crippen MR) is 89.3 cm³/mol. The number of rotatable bonds is 1. The Balaban J connectivity index is 2.01. The van der Waals surface area contributed by atoms with Crippen molar-refractivity contribution in [2.75, 3.05) is 4.90 Å². The fourth-order valence-corrected chi connectivity index (χ4v) is 4.00. The molecule has 1 saturated carbocycles. The van der Waals surface area contributed by atoms with E-state index in [0.717, 1.165) is 11.6 Å². The Kier molecular flexibility index (Phi) is 4.19. The summed E-state index contributed by atoms with van der Waals surface area (Å²) in [7, 11) is 0. The minimum atomic E-state index is -4.74. The van der Waals surface area contributed by atoms with E-state index in [1.807, 2.05) is 0 Å². The number of nitrogens with zero attached hydrogens (tertiary/aromatic N) is 1. The van der Waals surface area contributed by atoms with Gasteiger partial charge in [0.15, 0.2) is 5.60 Å². The first-order valence-electron chi connectivity index (χ1n) is 7.81. The highest BCUT2D eigenvalue weighted by atomic mass is 79.9. The molecule has 3 rings (SSSR count). The van der Waals surface area contributed by atoms with E-state index in [4.69, 9.17) is 0 Å². The number of carbonyl (C=O) groups excluding carboxylic acids is 1. The zero-order chi connectivity index (χ0) is 18.6. The molecule has 25 heavy (non-hydrogen) atoms. The van der Waals surface area contributed by atoms with Crippen molar-refractivity contribution in [3.63, 3.8) is 0 Å². The Morgan fingerprint density at radius 3 is 2.36 bits per heavy atom. The maximum Gasteiger partial charge on any atom is 0.417 e. The number of aryl methyl sites for hydroxylation is 1. The summed E-state index contributed by atoms with van der Waals surface area (Å²) in [5.74, 6) is -0.725. The number of carbonyl (C=O) groups is 1. The maximum atomic E-state index is 13.1. The number of amides is 1. The van der Waals surface area contributed by atoms with Crippen molar-refractivity contribution >= 4 is 27.5 Å². The number of hydrogen-bond donors (Lipinski definition) is 2. The molecule has 0 bridgehead atoms. The van der Waals surface area contributed by atoms with Gasteiger partial charge in [-0.1, -0.05) is 22.0 Å². The van der Waals surface area contributed by atoms with Crippen LogP contribution in [0.5, 0.6) is 0 Å². The van der Waals surface area contributed by atoms with E-state index in [-0.39, 0.29) is 18.6 Å². The molecule has 1 spiro atoms. The molecule has 1 aliphatic heterocycles. The molecule has 1 aromatic rings. The average Bonchev–Trinajstić information content (AvgIpc) is 2.75. The average molecular weight is 420 g/mol. The van der Waals surface area contributed by atoms with Gasteiger partial charge in [0.1, 0.15) is 11.3 Å². The molecule has 0 aromatic heterocycles. The van der Waals surface area contributed by atoms with Crippen LogP contribution in [0.15, 0.2) is 34.5 Å². The molecule has 1 heterocycles. The summed E-state index contributed by atoms with van der Waals surface area (Å²) in [5, 5.41) is 20.3. The summed E-state index contributed by atoms with van der Waals surface area (Å²) >= 11 is 3.33. The van der Waals surface area contributed by atoms with Gasteiger partial charge in [0.25, 0.3) is 5.91 Å². The predicted octanol–water partition coefficient (Wildman–Crippen LogP) is 4.15. The fourth-order valence-electron chi connectivity index (χ4n) is 3.65. The summed E-state index contributed by atoms with van der Waals surface area (Å²) in [6, 6.07) is 5.28. The molecule has 0 saturated heterocycles. The molecular weight excluding hydrogens is 403 g/mol. The third-order valence-electron chi connectivity index (χ3n) is 5.23. The van der Waals surface area contributed by atoms with Crippen LogP contribution in [-0.4, -0.2) is 33.4 Å². The number of hydrogen-bond acceptors (Lipinski definition) is 3. The van der Waals surface area contributed by atoms with Gasteiger partial charge in [0.2, 0.25) is 0 Å². The summed E-state index contributed by atoms with van der Waals surface area (Å²) in [5.41, 5.74) is -2.75. The minimum absolute atomic E-state index is 0.178. The normalized spacial score (nSPS) is 30.1. The lowest BCUT2D eigenvalue weighted by atomic mass is 9.72. The number of alkyl halides is 3. The largest absolute Gasteiger partial charge is 0.510 e. The molecule has 1 aromatic carbocycles. The number of aliphatic hydroxyl groups is 2. The summed E-state index contributed by atoms with van der Waals surface area (Å²) in [6.45, 7) is 1.78. The lowest BCUT2D eigenvalue weighted by molar-refractivity contribution is -0.272. The maximum absolute atomic E-state index is 13.1. The van der Waals surface area contributed by atoms with E-state index >= 15 is 0 Å². The standard InChI is InChI=1S/C17H17BrF3NO3/c1-10-2-3-11(18)8-12(10)22-14(24)9-13(23)15(22)4-6-16(25,7-5-15)17(19,20)21/h2-3,8-9,23,25H,4-7H2,1H3. The van der Waals surface area contributed by atoms with Gasteiger partial charge in [0.05, 0.1) is 0 Å². The van der Waals surface area contributed by atoms with Crippen molar-refractivity contribution in [3.05, 3.63) is 40.1 Å². The van der Waals surface area contributed by atoms with Gasteiger partial charge in [0, 0.05) is 16.2 Å². The SMILES string of the molecule is Cc1ccc(Br)cc1N1C(=O)C=C(O)C12CCC(O)(C(F)(F)F)CC2. The number of benzene rings is 1. The second-order valence-electron chi connectivity index (χ2n) is 6.69.